The van der Waals surface area contributed by atoms with Gasteiger partial charge >= 0.3 is 0 Å². The fraction of sp³-hybridized carbons (Fsp3) is 0.316. The van der Waals surface area contributed by atoms with E-state index in [9.17, 15) is 13.2 Å². The fourth-order valence-electron chi connectivity index (χ4n) is 2.69. The van der Waals surface area contributed by atoms with E-state index in [1.54, 1.807) is 43.3 Å². The number of benzene rings is 2. The summed E-state index contributed by atoms with van der Waals surface area (Å²) in [6.07, 6.45) is -0.754. The number of hydrogen-bond donors (Lipinski definition) is 1. The van der Waals surface area contributed by atoms with Crippen LogP contribution in [0.1, 0.15) is 6.92 Å². The molecule has 7 nitrogen and oxygen atoms in total. The molecule has 0 bridgehead atoms. The van der Waals surface area contributed by atoms with Crippen LogP contribution in [0.2, 0.25) is 5.02 Å². The molecule has 0 saturated carbocycles. The minimum atomic E-state index is -3.56. The molecular formula is C19H21ClN2O5S. The largest absolute Gasteiger partial charge is 0.481 e. The zero-order chi connectivity index (χ0) is 20.1. The number of ether oxygens (including phenoxy) is 2. The topological polar surface area (TPSA) is 84.9 Å². The third-order valence-corrected chi connectivity index (χ3v) is 6.36. The van der Waals surface area contributed by atoms with Crippen molar-refractivity contribution >= 4 is 33.2 Å². The van der Waals surface area contributed by atoms with Gasteiger partial charge < -0.3 is 14.8 Å². The van der Waals surface area contributed by atoms with Crippen LogP contribution in [0, 0.1) is 0 Å². The molecule has 0 aromatic heterocycles. The molecule has 1 N–H and O–H groups in total. The SMILES string of the molecule is CC(Oc1cccc(Cl)c1)C(=O)Nc1ccc(S(=O)(=O)N2CCOCC2)cc1. The molecule has 1 aliphatic heterocycles. The molecule has 3 rings (SSSR count). The van der Waals surface area contributed by atoms with Crippen LogP contribution in [0.25, 0.3) is 0 Å². The molecular weight excluding hydrogens is 404 g/mol. The zero-order valence-electron chi connectivity index (χ0n) is 15.3. The van der Waals surface area contributed by atoms with Gasteiger partial charge in [0.2, 0.25) is 10.0 Å². The second-order valence-corrected chi connectivity index (χ2v) is 8.62. The quantitative estimate of drug-likeness (QED) is 0.770. The number of carbonyl (C=O) groups excluding carboxylic acids is 1. The van der Waals surface area contributed by atoms with Crippen LogP contribution in [0.4, 0.5) is 5.69 Å². The minimum absolute atomic E-state index is 0.177. The second kappa shape index (κ2) is 8.91. The van der Waals surface area contributed by atoms with E-state index in [0.717, 1.165) is 0 Å². The average molecular weight is 425 g/mol. The highest BCUT2D eigenvalue weighted by atomic mass is 35.5. The number of nitrogens with zero attached hydrogens (tertiary/aromatic N) is 1. The molecule has 1 fully saturated rings. The van der Waals surface area contributed by atoms with Crippen molar-refractivity contribution < 1.29 is 22.7 Å². The predicted molar refractivity (Wildman–Crippen MR) is 106 cm³/mol. The van der Waals surface area contributed by atoms with Crippen molar-refractivity contribution in [3.05, 3.63) is 53.6 Å². The third-order valence-electron chi connectivity index (χ3n) is 4.21. The van der Waals surface area contributed by atoms with E-state index >= 15 is 0 Å². The molecule has 28 heavy (non-hydrogen) atoms. The first-order valence-corrected chi connectivity index (χ1v) is 10.6. The third kappa shape index (κ3) is 5.02. The predicted octanol–water partition coefficient (Wildman–Crippen LogP) is 2.77. The Morgan fingerprint density at radius 3 is 2.50 bits per heavy atom. The lowest BCUT2D eigenvalue weighted by Crippen LogP contribution is -2.40. The van der Waals surface area contributed by atoms with Crippen molar-refractivity contribution in [1.82, 2.24) is 4.31 Å². The number of nitrogens with one attached hydrogen (secondary N) is 1. The summed E-state index contributed by atoms with van der Waals surface area (Å²) in [7, 11) is -3.56. The van der Waals surface area contributed by atoms with Crippen LogP contribution in [0.15, 0.2) is 53.4 Å². The first-order chi connectivity index (χ1) is 13.4. The Bertz CT molecular complexity index is 928. The maximum absolute atomic E-state index is 12.6. The molecule has 1 saturated heterocycles. The van der Waals surface area contributed by atoms with Gasteiger partial charge in [0.05, 0.1) is 18.1 Å². The summed E-state index contributed by atoms with van der Waals surface area (Å²) in [5.74, 6) is 0.130. The zero-order valence-corrected chi connectivity index (χ0v) is 16.9. The van der Waals surface area contributed by atoms with Gasteiger partial charge in [-0.2, -0.15) is 4.31 Å². The molecule has 0 spiro atoms. The van der Waals surface area contributed by atoms with Crippen LogP contribution in [0.5, 0.6) is 5.75 Å². The number of hydrogen-bond acceptors (Lipinski definition) is 5. The lowest BCUT2D eigenvalue weighted by molar-refractivity contribution is -0.122. The molecule has 1 aliphatic rings. The van der Waals surface area contributed by atoms with Gasteiger partial charge in [-0.1, -0.05) is 17.7 Å². The number of rotatable bonds is 6. The Morgan fingerprint density at radius 1 is 1.18 bits per heavy atom. The van der Waals surface area contributed by atoms with E-state index in [-0.39, 0.29) is 10.8 Å². The maximum Gasteiger partial charge on any atom is 0.265 e. The highest BCUT2D eigenvalue weighted by Gasteiger charge is 2.26. The Labute approximate surface area is 169 Å². The van der Waals surface area contributed by atoms with E-state index < -0.39 is 16.1 Å². The highest BCUT2D eigenvalue weighted by molar-refractivity contribution is 7.89. The smallest absolute Gasteiger partial charge is 0.265 e. The molecule has 0 aliphatic carbocycles. The molecule has 1 amide bonds. The van der Waals surface area contributed by atoms with E-state index in [1.165, 1.54) is 16.4 Å². The molecule has 9 heteroatoms. The molecule has 2 aromatic carbocycles. The Balaban J connectivity index is 1.62. The van der Waals surface area contributed by atoms with Gasteiger partial charge in [0.15, 0.2) is 6.10 Å². The van der Waals surface area contributed by atoms with E-state index in [2.05, 4.69) is 5.32 Å². The van der Waals surface area contributed by atoms with E-state index in [1.807, 2.05) is 0 Å². The molecule has 2 aromatic rings. The molecule has 1 atom stereocenters. The van der Waals surface area contributed by atoms with Gasteiger partial charge in [-0.25, -0.2) is 8.42 Å². The summed E-state index contributed by atoms with van der Waals surface area (Å²) in [6, 6.07) is 12.8. The standard InChI is InChI=1S/C19H21ClN2O5S/c1-14(27-17-4-2-3-15(20)13-17)19(23)21-16-5-7-18(8-6-16)28(24,25)22-9-11-26-12-10-22/h2-8,13-14H,9-12H2,1H3,(H,21,23). The summed E-state index contributed by atoms with van der Waals surface area (Å²) in [5, 5.41) is 3.23. The Morgan fingerprint density at radius 2 is 1.86 bits per heavy atom. The van der Waals surface area contributed by atoms with Crippen molar-refractivity contribution in [2.75, 3.05) is 31.6 Å². The van der Waals surface area contributed by atoms with Gasteiger partial charge in [0, 0.05) is 23.8 Å². The Kier molecular flexibility index (Phi) is 6.56. The highest BCUT2D eigenvalue weighted by Crippen LogP contribution is 2.21. The number of morpholine rings is 1. The van der Waals surface area contributed by atoms with Crippen molar-refractivity contribution in [2.24, 2.45) is 0 Å². The summed E-state index contributed by atoms with van der Waals surface area (Å²) in [4.78, 5) is 12.5. The van der Waals surface area contributed by atoms with Crippen LogP contribution >= 0.6 is 11.6 Å². The van der Waals surface area contributed by atoms with Gasteiger partial charge in [0.25, 0.3) is 5.91 Å². The van der Waals surface area contributed by atoms with Crippen LogP contribution in [0.3, 0.4) is 0 Å². The summed E-state index contributed by atoms with van der Waals surface area (Å²) >= 11 is 5.91. The number of sulfonamides is 1. The lowest BCUT2D eigenvalue weighted by Gasteiger charge is -2.26. The lowest BCUT2D eigenvalue weighted by atomic mass is 10.3. The minimum Gasteiger partial charge on any atom is -0.481 e. The average Bonchev–Trinajstić information content (AvgIpc) is 2.69. The van der Waals surface area contributed by atoms with Crippen molar-refractivity contribution in [1.29, 1.82) is 0 Å². The van der Waals surface area contributed by atoms with Gasteiger partial charge in [-0.05, 0) is 49.4 Å². The monoisotopic (exact) mass is 424 g/mol. The number of halogens is 1. The maximum atomic E-state index is 12.6. The van der Waals surface area contributed by atoms with Crippen LogP contribution in [-0.2, 0) is 19.6 Å². The molecule has 1 unspecified atom stereocenters. The molecule has 0 radical (unpaired) electrons. The summed E-state index contributed by atoms with van der Waals surface area (Å²) in [6.45, 7) is 3.06. The van der Waals surface area contributed by atoms with Gasteiger partial charge in [0.1, 0.15) is 5.75 Å². The number of anilines is 1. The summed E-state index contributed by atoms with van der Waals surface area (Å²) in [5.41, 5.74) is 0.479. The first-order valence-electron chi connectivity index (χ1n) is 8.77. The molecule has 150 valence electrons. The van der Waals surface area contributed by atoms with Gasteiger partial charge in [-0.3, -0.25) is 4.79 Å². The Hall–Kier alpha value is -2.13. The number of amides is 1. The first kappa shape index (κ1) is 20.6. The van der Waals surface area contributed by atoms with E-state index in [0.29, 0.717) is 42.8 Å². The van der Waals surface area contributed by atoms with Gasteiger partial charge in [-0.15, -0.1) is 0 Å². The molecule has 1 heterocycles. The van der Waals surface area contributed by atoms with Crippen molar-refractivity contribution in [2.45, 2.75) is 17.9 Å². The number of carbonyl (C=O) groups is 1. The van der Waals surface area contributed by atoms with Crippen LogP contribution < -0.4 is 10.1 Å². The summed E-state index contributed by atoms with van der Waals surface area (Å²) < 4.78 is 37.4. The van der Waals surface area contributed by atoms with E-state index in [4.69, 9.17) is 21.1 Å². The van der Waals surface area contributed by atoms with Crippen LogP contribution in [-0.4, -0.2) is 51.0 Å². The van der Waals surface area contributed by atoms with Crippen molar-refractivity contribution in [3.63, 3.8) is 0 Å². The van der Waals surface area contributed by atoms with Crippen molar-refractivity contribution in [3.8, 4) is 5.75 Å². The second-order valence-electron chi connectivity index (χ2n) is 6.25. The fourth-order valence-corrected chi connectivity index (χ4v) is 4.28. The normalized spacial score (nSPS) is 16.4.